The number of carbonyl (C=O) groups is 2. The maximum absolute atomic E-state index is 11.6. The van der Waals surface area contributed by atoms with Crippen LogP contribution in [0.1, 0.15) is 51.9 Å². The summed E-state index contributed by atoms with van der Waals surface area (Å²) in [5.41, 5.74) is 0. The van der Waals surface area contributed by atoms with Gasteiger partial charge >= 0.3 is 12.0 Å². The average Bonchev–Trinajstić information content (AvgIpc) is 2.42. The van der Waals surface area contributed by atoms with Gasteiger partial charge in [-0.15, -0.1) is 0 Å². The predicted molar refractivity (Wildman–Crippen MR) is 84.3 cm³/mol. The van der Waals surface area contributed by atoms with Crippen LogP contribution in [-0.4, -0.2) is 41.7 Å². The van der Waals surface area contributed by atoms with Crippen molar-refractivity contribution in [1.29, 1.82) is 0 Å². The van der Waals surface area contributed by atoms with Crippen LogP contribution in [0.4, 0.5) is 4.79 Å². The molecule has 0 aliphatic rings. The number of nitrogens with one attached hydrogen (secondary N) is 2. The van der Waals surface area contributed by atoms with Crippen LogP contribution in [-0.2, 0) is 4.79 Å². The molecule has 0 unspecified atom stereocenters. The second kappa shape index (κ2) is 13.1. The third-order valence-electron chi connectivity index (χ3n) is 3.03. The second-order valence-corrected chi connectivity index (χ2v) is 5.83. The van der Waals surface area contributed by atoms with Gasteiger partial charge in [0.15, 0.2) is 0 Å². The van der Waals surface area contributed by atoms with E-state index in [4.69, 9.17) is 5.11 Å². The standard InChI is InChI=1S/C14H28N2O3S/c1-3-4-5-6-7-8-10-15-14(19)16-12(13(17)18)9-11-20-2/h12H,3-11H2,1-2H3,(H,17,18)(H2,15,16,19)/t12-/m0/s1. The summed E-state index contributed by atoms with van der Waals surface area (Å²) in [4.78, 5) is 22.5. The van der Waals surface area contributed by atoms with E-state index in [2.05, 4.69) is 17.6 Å². The van der Waals surface area contributed by atoms with Gasteiger partial charge in [-0.3, -0.25) is 0 Å². The lowest BCUT2D eigenvalue weighted by Gasteiger charge is -2.14. The van der Waals surface area contributed by atoms with E-state index in [9.17, 15) is 9.59 Å². The van der Waals surface area contributed by atoms with Crippen LogP contribution in [0.2, 0.25) is 0 Å². The number of hydrogen-bond acceptors (Lipinski definition) is 3. The number of amides is 2. The number of rotatable bonds is 12. The smallest absolute Gasteiger partial charge is 0.326 e. The van der Waals surface area contributed by atoms with Gasteiger partial charge in [-0.1, -0.05) is 39.0 Å². The SMILES string of the molecule is CCCCCCCCNC(=O)N[C@@H](CCSC)C(=O)O. The van der Waals surface area contributed by atoms with Gasteiger partial charge in [-0.05, 0) is 24.9 Å². The first-order valence-electron chi connectivity index (χ1n) is 7.38. The molecule has 3 N–H and O–H groups in total. The van der Waals surface area contributed by atoms with Crippen molar-refractivity contribution in [2.45, 2.75) is 57.9 Å². The lowest BCUT2D eigenvalue weighted by Crippen LogP contribution is -2.46. The maximum Gasteiger partial charge on any atom is 0.326 e. The molecule has 0 aromatic rings. The molecule has 118 valence electrons. The van der Waals surface area contributed by atoms with E-state index in [1.165, 1.54) is 25.7 Å². The maximum atomic E-state index is 11.6. The highest BCUT2D eigenvalue weighted by Crippen LogP contribution is 2.04. The van der Waals surface area contributed by atoms with Crippen LogP contribution in [0.3, 0.4) is 0 Å². The van der Waals surface area contributed by atoms with Crippen molar-refractivity contribution < 1.29 is 14.7 Å². The number of aliphatic carboxylic acids is 1. The molecule has 0 radical (unpaired) electrons. The minimum atomic E-state index is -0.978. The van der Waals surface area contributed by atoms with Crippen molar-refractivity contribution in [1.82, 2.24) is 10.6 Å². The number of carboxylic acids is 1. The van der Waals surface area contributed by atoms with Gasteiger partial charge < -0.3 is 15.7 Å². The molecule has 0 saturated carbocycles. The topological polar surface area (TPSA) is 78.4 Å². The van der Waals surface area contributed by atoms with E-state index in [-0.39, 0.29) is 6.03 Å². The number of carbonyl (C=O) groups excluding carboxylic acids is 1. The first-order chi connectivity index (χ1) is 9.61. The predicted octanol–water partition coefficient (Wildman–Crippen LogP) is 2.85. The Morgan fingerprint density at radius 3 is 2.40 bits per heavy atom. The van der Waals surface area contributed by atoms with Crippen molar-refractivity contribution in [2.24, 2.45) is 0 Å². The molecule has 0 fully saturated rings. The van der Waals surface area contributed by atoms with Gasteiger partial charge in [-0.25, -0.2) is 9.59 Å². The Labute approximate surface area is 126 Å². The average molecular weight is 304 g/mol. The number of thioether (sulfide) groups is 1. The van der Waals surface area contributed by atoms with Gasteiger partial charge in [0.05, 0.1) is 0 Å². The van der Waals surface area contributed by atoms with Crippen molar-refractivity contribution in [3.63, 3.8) is 0 Å². The van der Waals surface area contributed by atoms with Gasteiger partial charge in [0.2, 0.25) is 0 Å². The van der Waals surface area contributed by atoms with Crippen LogP contribution in [0.15, 0.2) is 0 Å². The first-order valence-corrected chi connectivity index (χ1v) is 8.77. The van der Waals surface area contributed by atoms with Crippen molar-refractivity contribution >= 4 is 23.8 Å². The zero-order valence-corrected chi connectivity index (χ0v) is 13.4. The molecule has 0 aliphatic heterocycles. The minimum Gasteiger partial charge on any atom is -0.480 e. The molecule has 0 spiro atoms. The number of unbranched alkanes of at least 4 members (excludes halogenated alkanes) is 5. The second-order valence-electron chi connectivity index (χ2n) is 4.84. The molecule has 0 aliphatic carbocycles. The zero-order valence-electron chi connectivity index (χ0n) is 12.6. The normalized spacial score (nSPS) is 11.9. The third-order valence-corrected chi connectivity index (χ3v) is 3.67. The third kappa shape index (κ3) is 11.0. The van der Waals surface area contributed by atoms with E-state index in [0.29, 0.717) is 18.7 Å². The number of urea groups is 1. The molecule has 0 aromatic heterocycles. The summed E-state index contributed by atoms with van der Waals surface area (Å²) in [6, 6.07) is -1.18. The van der Waals surface area contributed by atoms with Crippen LogP contribution in [0, 0.1) is 0 Å². The highest BCUT2D eigenvalue weighted by atomic mass is 32.2. The lowest BCUT2D eigenvalue weighted by molar-refractivity contribution is -0.139. The first kappa shape index (κ1) is 19.1. The number of hydrogen-bond donors (Lipinski definition) is 3. The summed E-state index contributed by atoms with van der Waals surface area (Å²) in [5.74, 6) is -0.261. The van der Waals surface area contributed by atoms with E-state index in [0.717, 1.165) is 12.8 Å². The molecular weight excluding hydrogens is 276 g/mol. The van der Waals surface area contributed by atoms with Crippen LogP contribution < -0.4 is 10.6 Å². The molecule has 6 heteroatoms. The summed E-state index contributed by atoms with van der Waals surface area (Å²) in [5, 5.41) is 14.2. The molecule has 1 atom stereocenters. The van der Waals surface area contributed by atoms with E-state index >= 15 is 0 Å². The van der Waals surface area contributed by atoms with Gasteiger partial charge in [-0.2, -0.15) is 11.8 Å². The highest BCUT2D eigenvalue weighted by molar-refractivity contribution is 7.98. The molecule has 0 bridgehead atoms. The molecule has 0 aromatic carbocycles. The summed E-state index contributed by atoms with van der Waals surface area (Å²) >= 11 is 1.57. The molecular formula is C14H28N2O3S. The fourth-order valence-corrected chi connectivity index (χ4v) is 2.28. The Bertz CT molecular complexity index is 275. The van der Waals surface area contributed by atoms with E-state index < -0.39 is 12.0 Å². The van der Waals surface area contributed by atoms with Gasteiger partial charge in [0.25, 0.3) is 0 Å². The Balaban J connectivity index is 3.66. The monoisotopic (exact) mass is 304 g/mol. The summed E-state index contributed by atoms with van der Waals surface area (Å²) < 4.78 is 0. The van der Waals surface area contributed by atoms with Crippen molar-refractivity contribution in [3.8, 4) is 0 Å². The number of carboxylic acid groups (broad SMARTS) is 1. The fraction of sp³-hybridized carbons (Fsp3) is 0.857. The fourth-order valence-electron chi connectivity index (χ4n) is 1.81. The lowest BCUT2D eigenvalue weighted by atomic mass is 10.1. The van der Waals surface area contributed by atoms with Crippen LogP contribution >= 0.6 is 11.8 Å². The van der Waals surface area contributed by atoms with E-state index in [1.54, 1.807) is 11.8 Å². The Hall–Kier alpha value is -0.910. The van der Waals surface area contributed by atoms with E-state index in [1.807, 2.05) is 6.26 Å². The molecule has 0 saturated heterocycles. The molecule has 2 amide bonds. The molecule has 0 heterocycles. The minimum absolute atomic E-state index is 0.382. The molecule has 5 nitrogen and oxygen atoms in total. The summed E-state index contributed by atoms with van der Waals surface area (Å²) in [6.45, 7) is 2.79. The Morgan fingerprint density at radius 1 is 1.15 bits per heavy atom. The highest BCUT2D eigenvalue weighted by Gasteiger charge is 2.18. The largest absolute Gasteiger partial charge is 0.480 e. The van der Waals surface area contributed by atoms with Crippen LogP contribution in [0.25, 0.3) is 0 Å². The zero-order chi connectivity index (χ0) is 15.2. The molecule has 20 heavy (non-hydrogen) atoms. The van der Waals surface area contributed by atoms with Crippen molar-refractivity contribution in [2.75, 3.05) is 18.6 Å². The van der Waals surface area contributed by atoms with Gasteiger partial charge in [0.1, 0.15) is 6.04 Å². The Morgan fingerprint density at radius 2 is 1.80 bits per heavy atom. The summed E-state index contributed by atoms with van der Waals surface area (Å²) in [6.07, 6.45) is 9.35. The van der Waals surface area contributed by atoms with Crippen LogP contribution in [0.5, 0.6) is 0 Å². The molecule has 0 rings (SSSR count). The Kier molecular flexibility index (Phi) is 12.5. The quantitative estimate of drug-likeness (QED) is 0.484. The van der Waals surface area contributed by atoms with Gasteiger partial charge in [0, 0.05) is 6.54 Å². The summed E-state index contributed by atoms with van der Waals surface area (Å²) in [7, 11) is 0. The van der Waals surface area contributed by atoms with Crippen molar-refractivity contribution in [3.05, 3.63) is 0 Å².